The number of amides is 1. The molecule has 1 spiro atoms. The van der Waals surface area contributed by atoms with Crippen molar-refractivity contribution in [3.63, 3.8) is 0 Å². The van der Waals surface area contributed by atoms with E-state index < -0.39 is 0 Å². The third kappa shape index (κ3) is 5.07. The van der Waals surface area contributed by atoms with E-state index in [9.17, 15) is 9.59 Å². The molecule has 0 radical (unpaired) electrons. The summed E-state index contributed by atoms with van der Waals surface area (Å²) in [6.07, 6.45) is 11.2. The highest BCUT2D eigenvalue weighted by Gasteiger charge is 2.66. The molecule has 2 aromatic rings. The van der Waals surface area contributed by atoms with Gasteiger partial charge in [0.1, 0.15) is 11.9 Å². The molecular weight excluding hydrogens is 512 g/mol. The van der Waals surface area contributed by atoms with Gasteiger partial charge in [0.25, 0.3) is 0 Å². The van der Waals surface area contributed by atoms with E-state index in [2.05, 4.69) is 41.3 Å². The predicted octanol–water partition coefficient (Wildman–Crippen LogP) is 5.73. The van der Waals surface area contributed by atoms with Crippen molar-refractivity contribution in [2.24, 2.45) is 5.92 Å². The van der Waals surface area contributed by atoms with E-state index in [4.69, 9.17) is 9.47 Å². The van der Waals surface area contributed by atoms with Crippen LogP contribution >= 0.6 is 0 Å². The van der Waals surface area contributed by atoms with Crippen LogP contribution < -0.4 is 9.47 Å². The lowest BCUT2D eigenvalue weighted by atomic mass is 9.51. The third-order valence-electron chi connectivity index (χ3n) is 10.6. The molecule has 4 aliphatic rings. The fraction of sp³-hybridized carbons (Fsp3) is 0.600. The van der Waals surface area contributed by atoms with Gasteiger partial charge in [0, 0.05) is 30.5 Å². The molecule has 1 amide bonds. The van der Waals surface area contributed by atoms with E-state index in [0.29, 0.717) is 24.9 Å². The second-order valence-electron chi connectivity index (χ2n) is 12.9. The van der Waals surface area contributed by atoms with Gasteiger partial charge in [0.05, 0.1) is 19.7 Å². The van der Waals surface area contributed by atoms with Gasteiger partial charge in [0.15, 0.2) is 11.5 Å². The highest BCUT2D eigenvalue weighted by atomic mass is 16.5. The van der Waals surface area contributed by atoms with Gasteiger partial charge in [-0.15, -0.1) is 0 Å². The molecule has 2 aliphatic heterocycles. The molecule has 6 heteroatoms. The molecule has 0 N–H and O–H groups in total. The number of methoxy groups -OCH3 is 1. The third-order valence-corrected chi connectivity index (χ3v) is 10.6. The van der Waals surface area contributed by atoms with Gasteiger partial charge in [-0.25, -0.2) is 0 Å². The van der Waals surface area contributed by atoms with Crippen LogP contribution in [0.4, 0.5) is 0 Å². The van der Waals surface area contributed by atoms with E-state index in [1.165, 1.54) is 36.0 Å². The Morgan fingerprint density at radius 1 is 1.05 bits per heavy atom. The number of aryl methyl sites for hydroxylation is 1. The average Bonchev–Trinajstić information content (AvgIpc) is 3.32. The van der Waals surface area contributed by atoms with Gasteiger partial charge in [-0.2, -0.15) is 0 Å². The van der Waals surface area contributed by atoms with Crippen molar-refractivity contribution < 1.29 is 19.1 Å². The number of carbonyl (C=O) groups is 2. The summed E-state index contributed by atoms with van der Waals surface area (Å²) in [5, 5.41) is 0. The van der Waals surface area contributed by atoms with E-state index in [-0.39, 0.29) is 29.3 Å². The Morgan fingerprint density at radius 2 is 1.83 bits per heavy atom. The zero-order valence-corrected chi connectivity index (χ0v) is 25.1. The fourth-order valence-corrected chi connectivity index (χ4v) is 8.77. The summed E-state index contributed by atoms with van der Waals surface area (Å²) in [5.74, 6) is 2.61. The molecule has 2 aromatic carbocycles. The van der Waals surface area contributed by atoms with Crippen LogP contribution in [0.1, 0.15) is 81.4 Å². The highest BCUT2D eigenvalue weighted by molar-refractivity contribution is 5.78. The molecule has 6 nitrogen and oxygen atoms in total. The number of carbonyl (C=O) groups excluding carboxylic acids is 2. The van der Waals surface area contributed by atoms with Gasteiger partial charge in [0.2, 0.25) is 5.91 Å². The van der Waals surface area contributed by atoms with Crippen molar-refractivity contribution in [3.05, 3.63) is 59.2 Å². The van der Waals surface area contributed by atoms with Crippen LogP contribution in [0.15, 0.2) is 42.5 Å². The Morgan fingerprint density at radius 3 is 2.61 bits per heavy atom. The maximum atomic E-state index is 13.5. The minimum Gasteiger partial charge on any atom is -0.493 e. The van der Waals surface area contributed by atoms with Gasteiger partial charge in [-0.3, -0.25) is 14.5 Å². The summed E-state index contributed by atoms with van der Waals surface area (Å²) >= 11 is 0. The number of hydrogen-bond acceptors (Lipinski definition) is 5. The lowest BCUT2D eigenvalue weighted by molar-refractivity contribution is -0.141. The Hall–Kier alpha value is -2.86. The molecule has 1 saturated heterocycles. The zero-order valence-electron chi connectivity index (χ0n) is 25.1. The van der Waals surface area contributed by atoms with Crippen LogP contribution in [-0.4, -0.2) is 66.9 Å². The number of nitrogens with zero attached hydrogens (tertiary/aromatic N) is 2. The van der Waals surface area contributed by atoms with Crippen LogP contribution in [0.3, 0.4) is 0 Å². The summed E-state index contributed by atoms with van der Waals surface area (Å²) in [4.78, 5) is 30.1. The van der Waals surface area contributed by atoms with E-state index in [1.807, 2.05) is 18.0 Å². The topological polar surface area (TPSA) is 59.1 Å². The molecular formula is C35H46N2O4. The number of unbranched alkanes of at least 4 members (excludes halogenated alkanes) is 4. The normalized spacial score (nSPS) is 27.6. The summed E-state index contributed by atoms with van der Waals surface area (Å²) in [5.41, 5.74) is 3.96. The Kier molecular flexibility index (Phi) is 8.13. The Bertz CT molecular complexity index is 1260. The molecule has 2 bridgehead atoms. The smallest absolute Gasteiger partial charge is 0.222 e. The van der Waals surface area contributed by atoms with Crippen molar-refractivity contribution in [2.75, 3.05) is 27.2 Å². The quantitative estimate of drug-likeness (QED) is 0.311. The Balaban J connectivity index is 1.12. The number of ketones is 1. The fourth-order valence-electron chi connectivity index (χ4n) is 8.77. The summed E-state index contributed by atoms with van der Waals surface area (Å²) in [7, 11) is 3.72. The average molecular weight is 559 g/mol. The molecule has 0 aromatic heterocycles. The van der Waals surface area contributed by atoms with Crippen LogP contribution in [0.2, 0.25) is 0 Å². The van der Waals surface area contributed by atoms with Crippen LogP contribution in [0, 0.1) is 5.92 Å². The number of likely N-dealkylation sites (tertiary alicyclic amines) is 1. The summed E-state index contributed by atoms with van der Waals surface area (Å²) < 4.78 is 12.7. The molecule has 41 heavy (non-hydrogen) atoms. The standard InChI is InChI=1S/C35H46N2O4/c1-24(38)23-37-21-20-35-27-17-18-28(34(35)41-33-30(40-3)19-16-26(32(33)35)22-29(27)37)36(2)31(39)15-11-6-4-5-8-12-25-13-9-7-10-14-25/h7,9-10,13-14,16,19,27-29,34H,4-6,8,11-12,15,17-18,20-23H2,1-3H3/t27-,28+,29+,34-,35-/m0/s1. The van der Waals surface area contributed by atoms with Crippen LogP contribution in [-0.2, 0) is 27.8 Å². The number of Topliss-reactive ketones (excluding diaryl/α,β-unsaturated/α-hetero) is 1. The van der Waals surface area contributed by atoms with Gasteiger partial charge in [-0.05, 0) is 81.5 Å². The van der Waals surface area contributed by atoms with Gasteiger partial charge < -0.3 is 14.4 Å². The first-order valence-electron chi connectivity index (χ1n) is 15.8. The number of ether oxygens (including phenoxy) is 2. The zero-order chi connectivity index (χ0) is 28.6. The second kappa shape index (κ2) is 11.8. The van der Waals surface area contributed by atoms with E-state index in [0.717, 1.165) is 63.0 Å². The van der Waals surface area contributed by atoms with Crippen molar-refractivity contribution in [2.45, 2.75) is 101 Å². The minimum absolute atomic E-state index is 0.0488. The SMILES string of the molecule is COc1ccc2c3c1O[C@H]1[C@H](N(C)C(=O)CCCCCCCc4ccccc4)CC[C@H]4[C@@H](C2)N(CC(C)=O)CC[C@@]341. The number of benzene rings is 2. The highest BCUT2D eigenvalue weighted by Crippen LogP contribution is 2.64. The van der Waals surface area contributed by atoms with Crippen molar-refractivity contribution >= 4 is 11.7 Å². The number of likely N-dealkylation sites (N-methyl/N-ethyl adjacent to an activating group) is 1. The monoisotopic (exact) mass is 558 g/mol. The molecule has 6 rings (SSSR count). The maximum absolute atomic E-state index is 13.5. The predicted molar refractivity (Wildman–Crippen MR) is 161 cm³/mol. The number of piperidine rings is 1. The maximum Gasteiger partial charge on any atom is 0.222 e. The molecule has 0 unspecified atom stereocenters. The largest absolute Gasteiger partial charge is 0.493 e. The molecule has 5 atom stereocenters. The van der Waals surface area contributed by atoms with Gasteiger partial charge >= 0.3 is 0 Å². The van der Waals surface area contributed by atoms with Gasteiger partial charge in [-0.1, -0.05) is 55.7 Å². The molecule has 2 fully saturated rings. The van der Waals surface area contributed by atoms with Crippen molar-refractivity contribution in [3.8, 4) is 11.5 Å². The second-order valence-corrected chi connectivity index (χ2v) is 12.9. The molecule has 2 aliphatic carbocycles. The van der Waals surface area contributed by atoms with E-state index >= 15 is 0 Å². The molecule has 1 saturated carbocycles. The minimum atomic E-state index is -0.119. The van der Waals surface area contributed by atoms with Crippen molar-refractivity contribution in [1.82, 2.24) is 9.80 Å². The first-order chi connectivity index (χ1) is 19.9. The first kappa shape index (κ1) is 28.3. The lowest BCUT2D eigenvalue weighted by Crippen LogP contribution is -2.69. The number of hydrogen-bond donors (Lipinski definition) is 0. The number of rotatable bonds is 12. The summed E-state index contributed by atoms with van der Waals surface area (Å²) in [6, 6.07) is 15.3. The lowest BCUT2D eigenvalue weighted by Gasteiger charge is -2.60. The van der Waals surface area contributed by atoms with E-state index in [1.54, 1.807) is 14.0 Å². The Labute approximate surface area is 245 Å². The molecule has 2 heterocycles. The first-order valence-corrected chi connectivity index (χ1v) is 15.8. The summed E-state index contributed by atoms with van der Waals surface area (Å²) in [6.45, 7) is 3.12. The van der Waals surface area contributed by atoms with Crippen LogP contribution in [0.25, 0.3) is 0 Å². The van der Waals surface area contributed by atoms with Crippen molar-refractivity contribution in [1.29, 1.82) is 0 Å². The van der Waals surface area contributed by atoms with Crippen LogP contribution in [0.5, 0.6) is 11.5 Å². The molecule has 220 valence electrons.